The molecule has 0 amide bonds. The first-order valence-corrected chi connectivity index (χ1v) is 14.5. The molecule has 3 aromatic carbocycles. The predicted octanol–water partition coefficient (Wildman–Crippen LogP) is 9.72. The van der Waals surface area contributed by atoms with Crippen LogP contribution in [0.3, 0.4) is 0 Å². The van der Waals surface area contributed by atoms with Crippen LogP contribution in [-0.2, 0) is 22.4 Å². The summed E-state index contributed by atoms with van der Waals surface area (Å²) in [7, 11) is 0. The maximum atomic E-state index is 10.8. The standard InChI is InChI=1S/3C10H5Cl2NO2.Au/c3*11-7-5-3-1-2-4-6(5)13-9(8(7)12)10(14)15;/h3*1-4H,(H,14,15);. The molecule has 3 N–H and O–H groups in total. The molecule has 0 aliphatic rings. The molecule has 6 rings (SSSR count). The van der Waals surface area contributed by atoms with E-state index in [0.29, 0.717) is 32.7 Å². The number of para-hydroxylation sites is 3. The molecule has 0 saturated carbocycles. The minimum absolute atomic E-state index is 0. The zero-order valence-electron chi connectivity index (χ0n) is 22.4. The zero-order chi connectivity index (χ0) is 33.0. The van der Waals surface area contributed by atoms with Crippen LogP contribution in [0.25, 0.3) is 32.7 Å². The average Bonchev–Trinajstić information content (AvgIpc) is 3.02. The molecule has 16 heteroatoms. The van der Waals surface area contributed by atoms with E-state index in [2.05, 4.69) is 15.0 Å². The number of pyridine rings is 3. The number of hydrogen-bond donors (Lipinski definition) is 3. The van der Waals surface area contributed by atoms with E-state index in [1.165, 1.54) is 0 Å². The second-order valence-corrected chi connectivity index (χ2v) is 11.0. The van der Waals surface area contributed by atoms with E-state index in [9.17, 15) is 14.4 Å². The van der Waals surface area contributed by atoms with Crippen LogP contribution >= 0.6 is 69.6 Å². The topological polar surface area (TPSA) is 151 Å². The smallest absolute Gasteiger partial charge is 0.356 e. The van der Waals surface area contributed by atoms with Crippen LogP contribution in [-0.4, -0.2) is 48.2 Å². The SMILES string of the molecule is O=C(O)c1nc2ccccc2c(Cl)c1Cl.O=C(O)c1nc2ccccc2c(Cl)c1Cl.O=C(O)c1nc2ccccc2c(Cl)c1Cl.[Au]. The van der Waals surface area contributed by atoms with Crippen molar-refractivity contribution in [2.24, 2.45) is 0 Å². The maximum Gasteiger partial charge on any atom is 0.356 e. The Bertz CT molecular complexity index is 1910. The molecule has 0 aliphatic carbocycles. The number of aromatic nitrogens is 3. The Hall–Kier alpha value is -3.22. The van der Waals surface area contributed by atoms with Gasteiger partial charge in [-0.15, -0.1) is 0 Å². The van der Waals surface area contributed by atoms with Crippen LogP contribution in [0.4, 0.5) is 0 Å². The number of carboxylic acid groups (broad SMARTS) is 3. The quantitative estimate of drug-likeness (QED) is 0.148. The summed E-state index contributed by atoms with van der Waals surface area (Å²) in [5.41, 5.74) is 0.888. The molecule has 0 fully saturated rings. The second kappa shape index (κ2) is 16.1. The number of halogens is 6. The van der Waals surface area contributed by atoms with Crippen molar-refractivity contribution in [2.45, 2.75) is 0 Å². The summed E-state index contributed by atoms with van der Waals surface area (Å²) in [6.45, 7) is 0. The number of carbonyl (C=O) groups is 3. The number of fused-ring (bicyclic) bond motifs is 3. The summed E-state index contributed by atoms with van der Waals surface area (Å²) < 4.78 is 0. The Morgan fingerprint density at radius 1 is 0.413 bits per heavy atom. The first-order valence-electron chi connectivity index (χ1n) is 12.2. The summed E-state index contributed by atoms with van der Waals surface area (Å²) in [4.78, 5) is 44.2. The van der Waals surface area contributed by atoms with Gasteiger partial charge in [-0.25, -0.2) is 29.3 Å². The van der Waals surface area contributed by atoms with Crippen LogP contribution in [0.1, 0.15) is 31.5 Å². The number of carboxylic acids is 3. The van der Waals surface area contributed by atoms with Crippen molar-refractivity contribution in [3.8, 4) is 0 Å². The van der Waals surface area contributed by atoms with Gasteiger partial charge in [-0.1, -0.05) is 124 Å². The van der Waals surface area contributed by atoms with E-state index < -0.39 is 17.9 Å². The molecule has 1 radical (unpaired) electrons. The molecule has 9 nitrogen and oxygen atoms in total. The number of benzene rings is 3. The van der Waals surface area contributed by atoms with E-state index in [4.69, 9.17) is 84.9 Å². The number of nitrogens with zero attached hydrogens (tertiary/aromatic N) is 3. The number of aromatic carboxylic acids is 3. The van der Waals surface area contributed by atoms with Gasteiger partial charge in [0.15, 0.2) is 17.1 Å². The minimum Gasteiger partial charge on any atom is -0.476 e. The third-order valence-corrected chi connectivity index (χ3v) is 8.50. The Labute approximate surface area is 305 Å². The summed E-state index contributed by atoms with van der Waals surface area (Å²) >= 11 is 35.2. The van der Waals surface area contributed by atoms with Crippen molar-refractivity contribution >= 4 is 120 Å². The van der Waals surface area contributed by atoms with E-state index in [-0.39, 0.29) is 69.6 Å². The average molecular weight is 923 g/mol. The summed E-state index contributed by atoms with van der Waals surface area (Å²) in [5, 5.41) is 29.1. The Kier molecular flexibility index (Phi) is 13.0. The fraction of sp³-hybridized carbons (Fsp3) is 0. The van der Waals surface area contributed by atoms with Gasteiger partial charge in [-0.2, -0.15) is 0 Å². The van der Waals surface area contributed by atoms with Gasteiger partial charge < -0.3 is 15.3 Å². The van der Waals surface area contributed by atoms with Crippen molar-refractivity contribution < 1.29 is 52.1 Å². The molecule has 0 bridgehead atoms. The molecule has 3 heterocycles. The van der Waals surface area contributed by atoms with Gasteiger partial charge in [0.25, 0.3) is 0 Å². The van der Waals surface area contributed by atoms with Gasteiger partial charge in [0, 0.05) is 38.5 Å². The van der Waals surface area contributed by atoms with E-state index in [1.807, 2.05) is 0 Å². The normalized spacial score (nSPS) is 10.3. The molecular weight excluding hydrogens is 908 g/mol. The van der Waals surface area contributed by atoms with Crippen molar-refractivity contribution in [3.63, 3.8) is 0 Å². The predicted molar refractivity (Wildman–Crippen MR) is 176 cm³/mol. The minimum atomic E-state index is -1.19. The monoisotopic (exact) mass is 920 g/mol. The molecule has 239 valence electrons. The Balaban J connectivity index is 0.000000186. The molecule has 3 aromatic heterocycles. The van der Waals surface area contributed by atoms with Crippen LogP contribution in [0.2, 0.25) is 30.1 Å². The first kappa shape index (κ1) is 37.2. The van der Waals surface area contributed by atoms with Crippen molar-refractivity contribution in [2.75, 3.05) is 0 Å². The van der Waals surface area contributed by atoms with Crippen LogP contribution in [0.5, 0.6) is 0 Å². The Morgan fingerprint density at radius 2 is 0.630 bits per heavy atom. The van der Waals surface area contributed by atoms with E-state index in [0.717, 1.165) is 0 Å². The first-order chi connectivity index (χ1) is 21.3. The summed E-state index contributed by atoms with van der Waals surface area (Å²) in [6.07, 6.45) is 0. The zero-order valence-corrected chi connectivity index (χ0v) is 29.1. The van der Waals surface area contributed by atoms with Crippen molar-refractivity contribution in [3.05, 3.63) is 120 Å². The van der Waals surface area contributed by atoms with Crippen LogP contribution in [0, 0.1) is 0 Å². The van der Waals surface area contributed by atoms with Gasteiger partial charge in [0.2, 0.25) is 0 Å². The van der Waals surface area contributed by atoms with Gasteiger partial charge in [0.1, 0.15) is 0 Å². The number of hydrogen-bond acceptors (Lipinski definition) is 6. The largest absolute Gasteiger partial charge is 0.476 e. The molecule has 0 unspecified atom stereocenters. The molecule has 46 heavy (non-hydrogen) atoms. The molecular formula is C30H15AuCl6N3O6. The molecule has 0 aliphatic heterocycles. The Morgan fingerprint density at radius 3 is 0.848 bits per heavy atom. The molecule has 0 atom stereocenters. The van der Waals surface area contributed by atoms with Crippen LogP contribution < -0.4 is 0 Å². The molecule has 0 saturated heterocycles. The van der Waals surface area contributed by atoms with Crippen molar-refractivity contribution in [1.82, 2.24) is 15.0 Å². The fourth-order valence-electron chi connectivity index (χ4n) is 3.87. The summed E-state index contributed by atoms with van der Waals surface area (Å²) in [6, 6.07) is 20.9. The molecule has 0 spiro atoms. The van der Waals surface area contributed by atoms with Gasteiger partial charge in [0.05, 0.1) is 46.7 Å². The fourth-order valence-corrected chi connectivity index (χ4v) is 5.29. The number of rotatable bonds is 3. The van der Waals surface area contributed by atoms with Gasteiger partial charge >= 0.3 is 17.9 Å². The van der Waals surface area contributed by atoms with E-state index >= 15 is 0 Å². The van der Waals surface area contributed by atoms with Gasteiger partial charge in [-0.3, -0.25) is 0 Å². The summed E-state index contributed by atoms with van der Waals surface area (Å²) in [5.74, 6) is -3.56. The second-order valence-electron chi connectivity index (χ2n) is 8.73. The van der Waals surface area contributed by atoms with Crippen molar-refractivity contribution in [1.29, 1.82) is 0 Å². The third kappa shape index (κ3) is 8.01. The molecule has 6 aromatic rings. The van der Waals surface area contributed by atoms with E-state index in [1.54, 1.807) is 72.8 Å². The van der Waals surface area contributed by atoms with Gasteiger partial charge in [-0.05, 0) is 18.2 Å². The van der Waals surface area contributed by atoms with Crippen LogP contribution in [0.15, 0.2) is 72.8 Å². The third-order valence-electron chi connectivity index (χ3n) is 5.93. The maximum absolute atomic E-state index is 10.8.